The number of fused-ring (bicyclic) bond motifs is 7. The van der Waals surface area contributed by atoms with Gasteiger partial charge in [0.25, 0.3) is 0 Å². The number of benzene rings is 8. The molecule has 0 aliphatic heterocycles. The van der Waals surface area contributed by atoms with Crippen LogP contribution in [0.4, 0.5) is 0 Å². The molecule has 0 N–H and O–H groups in total. The van der Waals surface area contributed by atoms with Gasteiger partial charge < -0.3 is 4.42 Å². The van der Waals surface area contributed by atoms with E-state index in [4.69, 9.17) is 19.4 Å². The molecular weight excluding hydrogens is 733 g/mol. The van der Waals surface area contributed by atoms with Gasteiger partial charge in [0.1, 0.15) is 5.58 Å². The second kappa shape index (κ2) is 13.8. The lowest BCUT2D eigenvalue weighted by molar-refractivity contribution is 0.654. The summed E-state index contributed by atoms with van der Waals surface area (Å²) in [4.78, 5) is 19.6. The zero-order chi connectivity index (χ0) is 39.6. The summed E-state index contributed by atoms with van der Waals surface area (Å²) >= 11 is 0. The van der Waals surface area contributed by atoms with Crippen LogP contribution in [0.5, 0.6) is 0 Å². The number of rotatable bonds is 6. The molecule has 0 bridgehead atoms. The van der Waals surface area contributed by atoms with Crippen molar-refractivity contribution in [2.24, 2.45) is 0 Å². The van der Waals surface area contributed by atoms with Crippen LogP contribution >= 0.6 is 0 Å². The molecule has 0 spiro atoms. The number of hydrogen-bond donors (Lipinski definition) is 0. The summed E-state index contributed by atoms with van der Waals surface area (Å²) in [5, 5.41) is 4.53. The average molecular weight is 767 g/mol. The molecular formula is C55H34N4O. The van der Waals surface area contributed by atoms with Gasteiger partial charge in [-0.05, 0) is 97.2 Å². The van der Waals surface area contributed by atoms with Crippen molar-refractivity contribution in [3.63, 3.8) is 0 Å². The Hall–Kier alpha value is -8.02. The maximum absolute atomic E-state index is 6.16. The Balaban J connectivity index is 0.895. The highest BCUT2D eigenvalue weighted by Gasteiger charge is 2.30. The Kier molecular flexibility index (Phi) is 7.85. The summed E-state index contributed by atoms with van der Waals surface area (Å²) in [6.07, 6.45) is 1.75. The minimum atomic E-state index is 0.184. The van der Waals surface area contributed by atoms with Crippen molar-refractivity contribution < 1.29 is 4.42 Å². The van der Waals surface area contributed by atoms with Crippen LogP contribution in [0.2, 0.25) is 0 Å². The van der Waals surface area contributed by atoms with E-state index in [1.54, 1.807) is 6.20 Å². The number of aromatic nitrogens is 4. The van der Waals surface area contributed by atoms with Crippen molar-refractivity contribution in [3.05, 3.63) is 217 Å². The van der Waals surface area contributed by atoms with E-state index in [0.29, 0.717) is 23.2 Å². The minimum Gasteiger partial charge on any atom is -0.438 e. The summed E-state index contributed by atoms with van der Waals surface area (Å²) in [5.41, 5.74) is 15.2. The van der Waals surface area contributed by atoms with E-state index in [-0.39, 0.29) is 5.92 Å². The fraction of sp³-hybridized carbons (Fsp3) is 0.0182. The predicted octanol–water partition coefficient (Wildman–Crippen LogP) is 13.8. The number of pyridine rings is 1. The van der Waals surface area contributed by atoms with E-state index in [1.165, 1.54) is 38.6 Å². The summed E-state index contributed by atoms with van der Waals surface area (Å²) in [6, 6.07) is 68.6. The monoisotopic (exact) mass is 766 g/mol. The smallest absolute Gasteiger partial charge is 0.227 e. The molecule has 280 valence electrons. The molecule has 5 heteroatoms. The van der Waals surface area contributed by atoms with Crippen LogP contribution in [0.1, 0.15) is 22.6 Å². The number of nitrogens with zero attached hydrogens (tertiary/aromatic N) is 4. The molecule has 11 aromatic rings. The van der Waals surface area contributed by atoms with Crippen molar-refractivity contribution in [1.29, 1.82) is 0 Å². The third-order valence-electron chi connectivity index (χ3n) is 11.9. The Morgan fingerprint density at radius 2 is 0.917 bits per heavy atom. The van der Waals surface area contributed by atoms with Crippen molar-refractivity contribution >= 4 is 32.8 Å². The first-order chi connectivity index (χ1) is 29.7. The molecule has 1 aliphatic rings. The first kappa shape index (κ1) is 34.1. The molecule has 3 heterocycles. The summed E-state index contributed by atoms with van der Waals surface area (Å²) in [7, 11) is 0. The summed E-state index contributed by atoms with van der Waals surface area (Å²) < 4.78 is 6.16. The molecule has 0 radical (unpaired) electrons. The maximum atomic E-state index is 6.16. The van der Waals surface area contributed by atoms with Gasteiger partial charge in [-0.25, -0.2) is 19.9 Å². The van der Waals surface area contributed by atoms with E-state index in [0.717, 1.165) is 55.3 Å². The van der Waals surface area contributed by atoms with Crippen LogP contribution in [0, 0.1) is 0 Å². The fourth-order valence-electron chi connectivity index (χ4n) is 8.89. The highest BCUT2D eigenvalue weighted by Crippen LogP contribution is 2.49. The molecule has 3 aromatic heterocycles. The fourth-order valence-corrected chi connectivity index (χ4v) is 8.89. The van der Waals surface area contributed by atoms with Crippen molar-refractivity contribution in [1.82, 2.24) is 19.9 Å². The lowest BCUT2D eigenvalue weighted by Crippen LogP contribution is -2.00. The van der Waals surface area contributed by atoms with Gasteiger partial charge in [0.15, 0.2) is 17.5 Å². The van der Waals surface area contributed by atoms with Crippen LogP contribution in [-0.2, 0) is 0 Å². The Morgan fingerprint density at radius 1 is 0.367 bits per heavy atom. The van der Waals surface area contributed by atoms with E-state index in [9.17, 15) is 0 Å². The summed E-state index contributed by atoms with van der Waals surface area (Å²) in [5.74, 6) is 1.95. The Labute approximate surface area is 346 Å². The first-order valence-electron chi connectivity index (χ1n) is 20.2. The average Bonchev–Trinajstić information content (AvgIpc) is 3.86. The van der Waals surface area contributed by atoms with Crippen LogP contribution < -0.4 is 0 Å². The van der Waals surface area contributed by atoms with Crippen molar-refractivity contribution in [3.8, 4) is 67.5 Å². The van der Waals surface area contributed by atoms with Gasteiger partial charge in [-0.1, -0.05) is 158 Å². The van der Waals surface area contributed by atoms with E-state index < -0.39 is 0 Å². The molecule has 0 saturated heterocycles. The zero-order valence-corrected chi connectivity index (χ0v) is 32.3. The van der Waals surface area contributed by atoms with Gasteiger partial charge in [-0.3, -0.25) is 0 Å². The molecule has 60 heavy (non-hydrogen) atoms. The lowest BCUT2D eigenvalue weighted by Gasteiger charge is -2.16. The van der Waals surface area contributed by atoms with Crippen LogP contribution in [0.25, 0.3) is 100 Å². The highest BCUT2D eigenvalue weighted by atomic mass is 16.3. The Morgan fingerprint density at radius 3 is 1.62 bits per heavy atom. The SMILES string of the molecule is c1ccc(-c2ccc(-c3nc(-c4ccc(-c5ccc(C6c7ccccc7-c7cc8ccccc8cc76)cc5)cc4)nc(-c4ccc5c(c4)oc4ncccc45)n3)cc2)cc1. The molecule has 8 aromatic carbocycles. The molecule has 0 fully saturated rings. The molecule has 5 nitrogen and oxygen atoms in total. The first-order valence-corrected chi connectivity index (χ1v) is 20.2. The lowest BCUT2D eigenvalue weighted by atomic mass is 9.87. The quantitative estimate of drug-likeness (QED) is 0.169. The topological polar surface area (TPSA) is 64.7 Å². The van der Waals surface area contributed by atoms with E-state index in [1.807, 2.05) is 30.3 Å². The van der Waals surface area contributed by atoms with Crippen molar-refractivity contribution in [2.45, 2.75) is 5.92 Å². The third kappa shape index (κ3) is 5.78. The van der Waals surface area contributed by atoms with E-state index >= 15 is 0 Å². The molecule has 0 amide bonds. The second-order valence-electron chi connectivity index (χ2n) is 15.4. The van der Waals surface area contributed by atoms with Gasteiger partial charge in [-0.2, -0.15) is 0 Å². The normalized spacial score (nSPS) is 13.2. The largest absolute Gasteiger partial charge is 0.438 e. The van der Waals surface area contributed by atoms with Gasteiger partial charge in [-0.15, -0.1) is 0 Å². The Bertz CT molecular complexity index is 3410. The predicted molar refractivity (Wildman–Crippen MR) is 242 cm³/mol. The highest BCUT2D eigenvalue weighted by molar-refractivity contribution is 6.04. The zero-order valence-electron chi connectivity index (χ0n) is 32.3. The minimum absolute atomic E-state index is 0.184. The van der Waals surface area contributed by atoms with Crippen LogP contribution in [0.3, 0.4) is 0 Å². The molecule has 1 atom stereocenters. The van der Waals surface area contributed by atoms with Gasteiger partial charge in [0.05, 0.1) is 0 Å². The molecule has 0 saturated carbocycles. The van der Waals surface area contributed by atoms with Crippen molar-refractivity contribution in [2.75, 3.05) is 0 Å². The molecule has 1 aliphatic carbocycles. The van der Waals surface area contributed by atoms with Gasteiger partial charge in [0, 0.05) is 39.6 Å². The standard InChI is InChI=1S/C55H34N4O/c1-2-9-34(10-3-1)35-18-24-39(25-19-35)52-57-53(59-54(58-52)43-28-29-45-47-15-8-30-56-55(47)60-50(45)33-43)40-26-20-37(21-27-40)36-16-22-38(23-17-36)51-46-14-7-6-13-44(46)48-31-41-11-4-5-12-42(41)32-49(48)51/h1-33,51H. The maximum Gasteiger partial charge on any atom is 0.227 e. The van der Waals surface area contributed by atoms with Gasteiger partial charge >= 0.3 is 0 Å². The third-order valence-corrected chi connectivity index (χ3v) is 11.9. The molecule has 1 unspecified atom stereocenters. The second-order valence-corrected chi connectivity index (χ2v) is 15.4. The van der Waals surface area contributed by atoms with E-state index in [2.05, 4.69) is 169 Å². The number of furan rings is 1. The van der Waals surface area contributed by atoms with Crippen LogP contribution in [-0.4, -0.2) is 19.9 Å². The molecule has 12 rings (SSSR count). The summed E-state index contributed by atoms with van der Waals surface area (Å²) in [6.45, 7) is 0. The number of hydrogen-bond acceptors (Lipinski definition) is 5. The van der Waals surface area contributed by atoms with Crippen LogP contribution in [0.15, 0.2) is 205 Å². The van der Waals surface area contributed by atoms with Gasteiger partial charge in [0.2, 0.25) is 5.71 Å².